The smallest absolute Gasteiger partial charge is 0.260 e. The molecule has 2 N–H and O–H groups in total. The van der Waals surface area contributed by atoms with Crippen LogP contribution in [0.1, 0.15) is 27.0 Å². The number of ether oxygens (including phenoxy) is 1. The number of phenolic OH excluding ortho intramolecular Hbond substituents is 1. The van der Waals surface area contributed by atoms with Crippen molar-refractivity contribution < 1.29 is 19.7 Å². The van der Waals surface area contributed by atoms with Gasteiger partial charge < -0.3 is 14.9 Å². The number of aliphatic hydroxyl groups excluding tert-OH is 1. The number of aromatic hydroxyl groups is 1. The van der Waals surface area contributed by atoms with Crippen LogP contribution in [0.25, 0.3) is 0 Å². The normalized spacial score (nSPS) is 17.8. The van der Waals surface area contributed by atoms with Crippen LogP contribution in [0, 0.1) is 0 Å². The van der Waals surface area contributed by atoms with E-state index in [0.717, 1.165) is 22.4 Å². The minimum Gasteiger partial charge on any atom is -0.508 e. The Morgan fingerprint density at radius 1 is 0.829 bits per heavy atom. The van der Waals surface area contributed by atoms with Crippen LogP contribution < -0.4 is 9.64 Å². The van der Waals surface area contributed by atoms with E-state index in [1.165, 1.54) is 0 Å². The second kappa shape index (κ2) is 9.45. The Morgan fingerprint density at radius 2 is 1.43 bits per heavy atom. The second-order valence-corrected chi connectivity index (χ2v) is 8.73. The van der Waals surface area contributed by atoms with Gasteiger partial charge in [-0.05, 0) is 59.2 Å². The lowest BCUT2D eigenvalue weighted by Gasteiger charge is -2.40. The van der Waals surface area contributed by atoms with E-state index in [0.29, 0.717) is 11.3 Å². The molecule has 5 nitrogen and oxygen atoms in total. The summed E-state index contributed by atoms with van der Waals surface area (Å²) in [6.45, 7) is 0.0867. The van der Waals surface area contributed by atoms with Crippen molar-refractivity contribution in [3.05, 3.63) is 125 Å². The van der Waals surface area contributed by atoms with E-state index < -0.39 is 11.6 Å². The van der Waals surface area contributed by atoms with E-state index in [9.17, 15) is 15.0 Å². The van der Waals surface area contributed by atoms with Gasteiger partial charge in [0.05, 0.1) is 5.88 Å². The summed E-state index contributed by atoms with van der Waals surface area (Å²) >= 11 is 5.68. The maximum atomic E-state index is 13.9. The maximum absolute atomic E-state index is 13.9. The van der Waals surface area contributed by atoms with Gasteiger partial charge in [-0.25, -0.2) is 0 Å². The molecule has 0 saturated carbocycles. The molecule has 1 aliphatic rings. The number of carbonyl (C=O) groups is 1. The highest BCUT2D eigenvalue weighted by Crippen LogP contribution is 2.51. The molecule has 4 aromatic carbocycles. The fourth-order valence-electron chi connectivity index (χ4n) is 4.73. The van der Waals surface area contributed by atoms with Gasteiger partial charge in [0.1, 0.15) is 29.7 Å². The predicted molar refractivity (Wildman–Crippen MR) is 136 cm³/mol. The number of hydrogen-bond acceptors (Lipinski definition) is 4. The molecule has 0 fully saturated rings. The van der Waals surface area contributed by atoms with Gasteiger partial charge in [-0.15, -0.1) is 11.6 Å². The number of fused-ring (bicyclic) bond motifs is 1. The summed E-state index contributed by atoms with van der Waals surface area (Å²) < 4.78 is 5.68. The monoisotopic (exact) mass is 485 g/mol. The highest BCUT2D eigenvalue weighted by Gasteiger charge is 2.52. The lowest BCUT2D eigenvalue weighted by atomic mass is 9.76. The van der Waals surface area contributed by atoms with Crippen LogP contribution >= 0.6 is 11.6 Å². The molecule has 4 aromatic rings. The standard InChI is InChI=1S/C29H24ClNO4/c30-18-24(33)19-35-25-16-12-21(13-17-25)29(20-10-14-23(32)15-11-20)27-9-5-4-8-26(27)28(34)31(29)22-6-2-1-3-7-22/h1-17,24,32-33H,18-19H2. The summed E-state index contributed by atoms with van der Waals surface area (Å²) in [5.41, 5.74) is 2.95. The van der Waals surface area contributed by atoms with Crippen LogP contribution in [0.15, 0.2) is 103 Å². The molecular weight excluding hydrogens is 462 g/mol. The highest BCUT2D eigenvalue weighted by molar-refractivity contribution is 6.18. The summed E-state index contributed by atoms with van der Waals surface area (Å²) in [5, 5.41) is 19.8. The Bertz CT molecular complexity index is 1330. The molecule has 6 heteroatoms. The summed E-state index contributed by atoms with van der Waals surface area (Å²) in [4.78, 5) is 15.7. The van der Waals surface area contributed by atoms with E-state index in [2.05, 4.69) is 0 Å². The van der Waals surface area contributed by atoms with Gasteiger partial charge in [-0.2, -0.15) is 0 Å². The number of phenols is 1. The Balaban J connectivity index is 1.73. The molecule has 0 aliphatic carbocycles. The van der Waals surface area contributed by atoms with Crippen molar-refractivity contribution in [3.63, 3.8) is 0 Å². The Hall–Kier alpha value is -3.80. The molecule has 0 spiro atoms. The third-order valence-electron chi connectivity index (χ3n) is 6.28. The number of alkyl halides is 1. The maximum Gasteiger partial charge on any atom is 0.260 e. The fraction of sp³-hybridized carbons (Fsp3) is 0.138. The summed E-state index contributed by atoms with van der Waals surface area (Å²) in [6.07, 6.45) is -0.757. The molecule has 2 unspecified atom stereocenters. The van der Waals surface area contributed by atoms with E-state index in [4.69, 9.17) is 16.3 Å². The first-order valence-electron chi connectivity index (χ1n) is 11.3. The molecule has 0 bridgehead atoms. The molecule has 1 aliphatic heterocycles. The Morgan fingerprint density at radius 3 is 2.09 bits per heavy atom. The number of aliphatic hydroxyl groups is 1. The van der Waals surface area contributed by atoms with Crippen molar-refractivity contribution in [2.24, 2.45) is 0 Å². The van der Waals surface area contributed by atoms with Crippen molar-refractivity contribution in [2.75, 3.05) is 17.4 Å². The first kappa shape index (κ1) is 23.0. The Kier molecular flexibility index (Phi) is 6.20. The van der Waals surface area contributed by atoms with E-state index in [1.54, 1.807) is 12.1 Å². The van der Waals surface area contributed by atoms with Crippen LogP contribution in [0.2, 0.25) is 0 Å². The number of nitrogens with zero attached hydrogens (tertiary/aromatic N) is 1. The van der Waals surface area contributed by atoms with E-state index in [1.807, 2.05) is 95.9 Å². The number of amides is 1. The van der Waals surface area contributed by atoms with Crippen LogP contribution in [0.3, 0.4) is 0 Å². The van der Waals surface area contributed by atoms with Gasteiger partial charge in [-0.3, -0.25) is 9.69 Å². The fourth-order valence-corrected chi connectivity index (χ4v) is 4.82. The number of anilines is 1. The lowest BCUT2D eigenvalue weighted by molar-refractivity contribution is 0.0986. The molecule has 0 aromatic heterocycles. The SMILES string of the molecule is O=C1c2ccccc2C(c2ccc(O)cc2)(c2ccc(OCC(O)CCl)cc2)N1c1ccccc1. The first-order valence-corrected chi connectivity index (χ1v) is 11.8. The zero-order valence-corrected chi connectivity index (χ0v) is 19.6. The van der Waals surface area contributed by atoms with E-state index >= 15 is 0 Å². The van der Waals surface area contributed by atoms with Crippen molar-refractivity contribution in [1.29, 1.82) is 0 Å². The third-order valence-corrected chi connectivity index (χ3v) is 6.63. The van der Waals surface area contributed by atoms with Gasteiger partial charge in [0, 0.05) is 11.3 Å². The summed E-state index contributed by atoms with van der Waals surface area (Å²) in [5.74, 6) is 0.718. The summed E-state index contributed by atoms with van der Waals surface area (Å²) in [6, 6.07) is 31.7. The number of para-hydroxylation sites is 1. The zero-order chi connectivity index (χ0) is 24.4. The van der Waals surface area contributed by atoms with Gasteiger partial charge in [0.2, 0.25) is 0 Å². The molecule has 176 valence electrons. The summed E-state index contributed by atoms with van der Waals surface area (Å²) in [7, 11) is 0. The topological polar surface area (TPSA) is 70.0 Å². The van der Waals surface area contributed by atoms with Crippen LogP contribution in [0.4, 0.5) is 5.69 Å². The van der Waals surface area contributed by atoms with Crippen LogP contribution in [-0.2, 0) is 5.54 Å². The molecule has 35 heavy (non-hydrogen) atoms. The minimum atomic E-state index is -0.975. The number of halogens is 1. The number of rotatable bonds is 7. The molecular formula is C29H24ClNO4. The van der Waals surface area contributed by atoms with Crippen molar-refractivity contribution in [1.82, 2.24) is 0 Å². The molecule has 1 amide bonds. The number of carbonyl (C=O) groups excluding carboxylic acids is 1. The van der Waals surface area contributed by atoms with Gasteiger partial charge >= 0.3 is 0 Å². The minimum absolute atomic E-state index is 0.0867. The lowest BCUT2D eigenvalue weighted by Crippen LogP contribution is -2.46. The van der Waals surface area contributed by atoms with Crippen molar-refractivity contribution >= 4 is 23.2 Å². The van der Waals surface area contributed by atoms with E-state index in [-0.39, 0.29) is 24.1 Å². The number of hydrogen-bond donors (Lipinski definition) is 2. The van der Waals surface area contributed by atoms with Crippen molar-refractivity contribution in [3.8, 4) is 11.5 Å². The highest BCUT2D eigenvalue weighted by atomic mass is 35.5. The quantitative estimate of drug-likeness (QED) is 0.347. The second-order valence-electron chi connectivity index (χ2n) is 8.42. The molecule has 1 heterocycles. The molecule has 0 saturated heterocycles. The third kappa shape index (κ3) is 3.93. The van der Waals surface area contributed by atoms with Gasteiger partial charge in [-0.1, -0.05) is 60.7 Å². The van der Waals surface area contributed by atoms with Crippen molar-refractivity contribution in [2.45, 2.75) is 11.6 Å². The largest absolute Gasteiger partial charge is 0.508 e. The van der Waals surface area contributed by atoms with Gasteiger partial charge in [0.25, 0.3) is 5.91 Å². The molecule has 5 rings (SSSR count). The molecule has 0 radical (unpaired) electrons. The molecule has 2 atom stereocenters. The predicted octanol–water partition coefficient (Wildman–Crippen LogP) is 5.32. The average Bonchev–Trinajstić information content (AvgIpc) is 3.18. The average molecular weight is 486 g/mol. The number of benzene rings is 4. The first-order chi connectivity index (χ1) is 17.1. The van der Waals surface area contributed by atoms with Gasteiger partial charge in [0.15, 0.2) is 0 Å². The van der Waals surface area contributed by atoms with Crippen LogP contribution in [-0.4, -0.2) is 34.7 Å². The van der Waals surface area contributed by atoms with Crippen LogP contribution in [0.5, 0.6) is 11.5 Å². The zero-order valence-electron chi connectivity index (χ0n) is 18.8. The Labute approximate surface area is 208 Å².